The number of nitrogens with zero attached hydrogens (tertiary/aromatic N) is 2. The number of alkyl halides is 1. The molecule has 0 aliphatic carbocycles. The monoisotopic (exact) mass is 460 g/mol. The van der Waals surface area contributed by atoms with Crippen LogP contribution < -0.4 is 4.74 Å². The first-order valence-electron chi connectivity index (χ1n) is 9.17. The molecule has 154 valence electrons. The van der Waals surface area contributed by atoms with E-state index in [1.165, 1.54) is 18.4 Å². The average Bonchev–Trinajstić information content (AvgIpc) is 3.36. The van der Waals surface area contributed by atoms with E-state index in [9.17, 15) is 4.79 Å². The topological polar surface area (TPSA) is 53.4 Å². The van der Waals surface area contributed by atoms with E-state index >= 15 is 0 Å². The molecule has 0 spiro atoms. The van der Waals surface area contributed by atoms with Gasteiger partial charge in [0.25, 0.3) is 0 Å². The van der Waals surface area contributed by atoms with Gasteiger partial charge in [0.1, 0.15) is 23.2 Å². The fraction of sp³-hybridized carbons (Fsp3) is 0.182. The van der Waals surface area contributed by atoms with Crippen molar-refractivity contribution in [2.24, 2.45) is 0 Å². The van der Waals surface area contributed by atoms with E-state index in [1.54, 1.807) is 6.33 Å². The van der Waals surface area contributed by atoms with Crippen molar-refractivity contribution in [1.82, 2.24) is 9.55 Å². The number of rotatable bonds is 6. The summed E-state index contributed by atoms with van der Waals surface area (Å²) in [5.41, 5.74) is 3.56. The number of carbonyl (C=O) groups excluding carboxylic acids is 1. The third-order valence-electron chi connectivity index (χ3n) is 4.71. The van der Waals surface area contributed by atoms with Crippen LogP contribution in [0.4, 0.5) is 0 Å². The van der Waals surface area contributed by atoms with E-state index in [-0.39, 0.29) is 6.10 Å². The number of hydrogen-bond acceptors (Lipinski definition) is 5. The number of hydrogen-bond donors (Lipinski definition) is 0. The molecule has 8 heteroatoms. The van der Waals surface area contributed by atoms with Crippen molar-refractivity contribution < 1.29 is 14.3 Å². The van der Waals surface area contributed by atoms with Gasteiger partial charge in [-0.25, -0.2) is 9.78 Å². The zero-order valence-corrected chi connectivity index (χ0v) is 18.6. The van der Waals surface area contributed by atoms with E-state index in [0.717, 1.165) is 27.2 Å². The largest absolute Gasteiger partial charge is 0.484 e. The Hall–Kier alpha value is -2.54. The number of imidazole rings is 1. The van der Waals surface area contributed by atoms with Crippen molar-refractivity contribution in [1.29, 1.82) is 0 Å². The van der Waals surface area contributed by atoms with Crippen LogP contribution in [0.15, 0.2) is 54.9 Å². The van der Waals surface area contributed by atoms with Gasteiger partial charge >= 0.3 is 5.97 Å². The first-order valence-corrected chi connectivity index (χ1v) is 10.9. The minimum absolute atomic E-state index is 0.355. The molecule has 1 atom stereocenters. The molecule has 0 amide bonds. The lowest BCUT2D eigenvalue weighted by Gasteiger charge is -2.16. The van der Waals surface area contributed by atoms with Crippen LogP contribution in [0.25, 0.3) is 16.0 Å². The van der Waals surface area contributed by atoms with Gasteiger partial charge < -0.3 is 9.47 Å². The van der Waals surface area contributed by atoms with Crippen molar-refractivity contribution in [3.8, 4) is 10.8 Å². The van der Waals surface area contributed by atoms with Crippen LogP contribution in [-0.4, -0.2) is 22.6 Å². The lowest BCUT2D eigenvalue weighted by molar-refractivity contribution is 0.0600. The molecule has 0 aliphatic heterocycles. The predicted octanol–water partition coefficient (Wildman–Crippen LogP) is 6.41. The van der Waals surface area contributed by atoms with E-state index < -0.39 is 5.97 Å². The maximum absolute atomic E-state index is 12.4. The van der Waals surface area contributed by atoms with Crippen LogP contribution in [0.5, 0.6) is 5.75 Å². The molecule has 0 fully saturated rings. The van der Waals surface area contributed by atoms with Crippen LogP contribution in [0.2, 0.25) is 5.02 Å². The van der Waals surface area contributed by atoms with Gasteiger partial charge in [-0.3, -0.25) is 4.57 Å². The average molecular weight is 461 g/mol. The van der Waals surface area contributed by atoms with Crippen LogP contribution in [0.1, 0.15) is 33.8 Å². The number of halogens is 2. The normalized spacial score (nSPS) is 12.1. The molecule has 0 aliphatic rings. The predicted molar refractivity (Wildman–Crippen MR) is 120 cm³/mol. The Balaban J connectivity index is 1.76. The van der Waals surface area contributed by atoms with Crippen LogP contribution in [0.3, 0.4) is 0 Å². The molecule has 30 heavy (non-hydrogen) atoms. The van der Waals surface area contributed by atoms with Crippen molar-refractivity contribution in [2.45, 2.75) is 18.9 Å². The summed E-state index contributed by atoms with van der Waals surface area (Å²) in [4.78, 5) is 17.2. The number of carbonyl (C=O) groups is 1. The summed E-state index contributed by atoms with van der Waals surface area (Å²) in [5, 5.41) is 1.39. The fourth-order valence-electron chi connectivity index (χ4n) is 3.17. The number of methoxy groups -OCH3 is 1. The maximum Gasteiger partial charge on any atom is 0.351 e. The molecule has 4 aromatic rings. The molecule has 1 unspecified atom stereocenters. The number of benzene rings is 2. The van der Waals surface area contributed by atoms with Crippen LogP contribution in [0, 0.1) is 0 Å². The Bertz CT molecular complexity index is 1220. The summed E-state index contributed by atoms with van der Waals surface area (Å²) in [7, 11) is 1.35. The van der Waals surface area contributed by atoms with Gasteiger partial charge in [-0.15, -0.1) is 22.9 Å². The van der Waals surface area contributed by atoms with Crippen molar-refractivity contribution in [2.75, 3.05) is 7.11 Å². The highest BCUT2D eigenvalue weighted by molar-refractivity contribution is 7.16. The van der Waals surface area contributed by atoms with E-state index in [2.05, 4.69) is 4.98 Å². The smallest absolute Gasteiger partial charge is 0.351 e. The second-order valence-electron chi connectivity index (χ2n) is 6.62. The SMILES string of the molecule is COC(=O)c1sc(-n2cnc3ccc(CCl)cc32)cc1OC(C)c1ccccc1Cl. The highest BCUT2D eigenvalue weighted by Crippen LogP contribution is 2.37. The Morgan fingerprint density at radius 3 is 2.77 bits per heavy atom. The fourth-order valence-corrected chi connectivity index (χ4v) is 4.62. The van der Waals surface area contributed by atoms with Crippen LogP contribution in [-0.2, 0) is 10.6 Å². The summed E-state index contributed by atoms with van der Waals surface area (Å²) in [6.07, 6.45) is 1.36. The lowest BCUT2D eigenvalue weighted by atomic mass is 10.1. The first-order chi connectivity index (χ1) is 14.5. The number of aromatic nitrogens is 2. The van der Waals surface area contributed by atoms with Gasteiger partial charge in [0.05, 0.1) is 18.1 Å². The second-order valence-corrected chi connectivity index (χ2v) is 8.33. The zero-order valence-electron chi connectivity index (χ0n) is 16.3. The second kappa shape index (κ2) is 8.68. The Morgan fingerprint density at radius 2 is 2.03 bits per heavy atom. The molecule has 2 aromatic carbocycles. The van der Waals surface area contributed by atoms with Gasteiger partial charge in [-0.1, -0.05) is 35.9 Å². The van der Waals surface area contributed by atoms with E-state index in [1.807, 2.05) is 60.0 Å². The number of esters is 1. The molecule has 0 radical (unpaired) electrons. The van der Waals surface area contributed by atoms with Gasteiger partial charge in [0, 0.05) is 22.5 Å². The minimum atomic E-state index is -0.460. The highest BCUT2D eigenvalue weighted by Gasteiger charge is 2.23. The van der Waals surface area contributed by atoms with Crippen molar-refractivity contribution >= 4 is 51.5 Å². The van der Waals surface area contributed by atoms with E-state index in [4.69, 9.17) is 32.7 Å². The summed E-state index contributed by atoms with van der Waals surface area (Å²) < 4.78 is 13.0. The van der Waals surface area contributed by atoms with Crippen LogP contribution >= 0.6 is 34.5 Å². The number of fused-ring (bicyclic) bond motifs is 1. The molecule has 0 saturated heterocycles. The third kappa shape index (κ3) is 3.90. The molecule has 0 saturated carbocycles. The number of thiophene rings is 1. The Morgan fingerprint density at radius 1 is 1.23 bits per heavy atom. The lowest BCUT2D eigenvalue weighted by Crippen LogP contribution is -2.07. The minimum Gasteiger partial charge on any atom is -0.484 e. The molecule has 4 rings (SSSR count). The highest BCUT2D eigenvalue weighted by atomic mass is 35.5. The molecule has 2 heterocycles. The molecular formula is C22H18Cl2N2O3S. The summed E-state index contributed by atoms with van der Waals surface area (Å²) >= 11 is 13.6. The van der Waals surface area contributed by atoms with E-state index in [0.29, 0.717) is 21.5 Å². The standard InChI is InChI=1S/C22H18Cl2N2O3S/c1-13(15-5-3-4-6-16(15)24)29-19-10-20(30-21(19)22(27)28-2)26-12-25-17-8-7-14(11-23)9-18(17)26/h3-10,12-13H,11H2,1-2H3. The zero-order chi connectivity index (χ0) is 21.3. The molecule has 0 N–H and O–H groups in total. The van der Waals surface area contributed by atoms with Crippen molar-refractivity contribution in [3.05, 3.63) is 75.9 Å². The summed E-state index contributed by atoms with van der Waals surface area (Å²) in [6.45, 7) is 1.89. The quantitative estimate of drug-likeness (QED) is 0.246. The van der Waals surface area contributed by atoms with Gasteiger partial charge in [-0.05, 0) is 30.7 Å². The first kappa shape index (κ1) is 20.7. The number of ether oxygens (including phenoxy) is 2. The van der Waals surface area contributed by atoms with Crippen molar-refractivity contribution in [3.63, 3.8) is 0 Å². The molecular weight excluding hydrogens is 443 g/mol. The Kier molecular flexibility index (Phi) is 5.99. The molecule has 0 bridgehead atoms. The molecule has 5 nitrogen and oxygen atoms in total. The van der Waals surface area contributed by atoms with Gasteiger partial charge in [0.2, 0.25) is 0 Å². The van der Waals surface area contributed by atoms with Gasteiger partial charge in [0.15, 0.2) is 4.88 Å². The summed E-state index contributed by atoms with van der Waals surface area (Å²) in [5.74, 6) is 0.381. The summed E-state index contributed by atoms with van der Waals surface area (Å²) in [6, 6.07) is 15.1. The Labute approximate surface area is 187 Å². The maximum atomic E-state index is 12.4. The third-order valence-corrected chi connectivity index (χ3v) is 6.45. The van der Waals surface area contributed by atoms with Gasteiger partial charge in [-0.2, -0.15) is 0 Å². The molecule has 2 aromatic heterocycles.